The van der Waals surface area contributed by atoms with Crippen molar-refractivity contribution in [3.63, 3.8) is 0 Å². The van der Waals surface area contributed by atoms with Gasteiger partial charge in [-0.1, -0.05) is 70.6 Å². The van der Waals surface area contributed by atoms with Gasteiger partial charge in [-0.2, -0.15) is 0 Å². The summed E-state index contributed by atoms with van der Waals surface area (Å²) in [5, 5.41) is 9.45. The van der Waals surface area contributed by atoms with Crippen LogP contribution in [0.5, 0.6) is 0 Å². The first-order chi connectivity index (χ1) is 12.4. The topological polar surface area (TPSA) is 39.3 Å². The minimum Gasteiger partial charge on any atom is -0.379 e. The molecule has 2 heterocycles. The lowest BCUT2D eigenvalue weighted by atomic mass is 9.79. The van der Waals surface area contributed by atoms with Crippen molar-refractivity contribution < 1.29 is 0 Å². The van der Waals surface area contributed by atoms with Gasteiger partial charge in [0.2, 0.25) is 0 Å². The van der Waals surface area contributed by atoms with Crippen LogP contribution >= 0.6 is 0 Å². The maximum absolute atomic E-state index is 3.22. The fourth-order valence-corrected chi connectivity index (χ4v) is 3.97. The summed E-state index contributed by atoms with van der Waals surface area (Å²) >= 11 is 0. The Kier molecular flexibility index (Phi) is 12.9. The van der Waals surface area contributed by atoms with Gasteiger partial charge in [0, 0.05) is 0 Å². The molecule has 0 aromatic carbocycles. The molecule has 0 spiro atoms. The van der Waals surface area contributed by atoms with Crippen molar-refractivity contribution in [3.05, 3.63) is 0 Å². The summed E-state index contributed by atoms with van der Waals surface area (Å²) in [4.78, 5) is 0. The van der Waals surface area contributed by atoms with Gasteiger partial charge < -0.3 is 20.3 Å². The first kappa shape index (κ1) is 21.3. The molecule has 0 atom stereocenters. The fourth-order valence-electron chi connectivity index (χ4n) is 3.97. The Balaban J connectivity index is 0.000000386. The molecule has 0 aromatic rings. The van der Waals surface area contributed by atoms with Gasteiger partial charge in [0.1, 0.15) is 0 Å². The molecule has 139 valence electrons. The summed E-state index contributed by atoms with van der Waals surface area (Å²) in [5.41, 5.74) is 0. The highest BCUT2D eigenvalue weighted by atomic mass is 15.1. The van der Waals surface area contributed by atoms with E-state index in [-0.39, 0.29) is 0 Å². The molecule has 3 radical (unpaired) electrons. The number of hydrogen-bond donors (Lipinski definition) is 3. The SMILES string of the molecule is C1CCNC1.[B]1N[B]N(CCC2CCCCCCCCCCC2)[B]N1. The molecule has 2 aliphatic heterocycles. The monoisotopic (exact) mass is 343 g/mol. The van der Waals surface area contributed by atoms with Gasteiger partial charge in [-0.3, -0.25) is 0 Å². The second-order valence-corrected chi connectivity index (χ2v) is 7.84. The minimum absolute atomic E-state index is 0.933. The summed E-state index contributed by atoms with van der Waals surface area (Å²) in [6, 6.07) is 0. The van der Waals surface area contributed by atoms with E-state index < -0.39 is 0 Å². The zero-order valence-corrected chi connectivity index (χ0v) is 16.3. The molecule has 25 heavy (non-hydrogen) atoms. The highest BCUT2D eigenvalue weighted by Crippen LogP contribution is 2.23. The van der Waals surface area contributed by atoms with E-state index in [0.29, 0.717) is 0 Å². The van der Waals surface area contributed by atoms with Crippen molar-refractivity contribution in [1.29, 1.82) is 0 Å². The van der Waals surface area contributed by atoms with Crippen LogP contribution in [0, 0.1) is 5.92 Å². The normalized spacial score (nSPS) is 24.5. The van der Waals surface area contributed by atoms with Crippen LogP contribution in [0.15, 0.2) is 0 Å². The largest absolute Gasteiger partial charge is 0.379 e. The zero-order valence-electron chi connectivity index (χ0n) is 16.3. The summed E-state index contributed by atoms with van der Waals surface area (Å²) in [6.07, 6.45) is 20.1. The third kappa shape index (κ3) is 11.4. The average molecular weight is 343 g/mol. The Bertz CT molecular complexity index is 280. The Morgan fingerprint density at radius 2 is 1.20 bits per heavy atom. The van der Waals surface area contributed by atoms with E-state index in [4.69, 9.17) is 0 Å². The highest BCUT2D eigenvalue weighted by molar-refractivity contribution is 6.65. The van der Waals surface area contributed by atoms with Crippen molar-refractivity contribution in [2.24, 2.45) is 5.92 Å². The van der Waals surface area contributed by atoms with Crippen molar-refractivity contribution in [2.75, 3.05) is 19.6 Å². The van der Waals surface area contributed by atoms with E-state index in [0.717, 1.165) is 12.5 Å². The molecular weight excluding hydrogens is 305 g/mol. The number of nitrogens with zero attached hydrogens (tertiary/aromatic N) is 1. The molecule has 0 aromatic heterocycles. The lowest BCUT2D eigenvalue weighted by molar-refractivity contribution is 0.359. The van der Waals surface area contributed by atoms with Crippen LogP contribution in [0.2, 0.25) is 0 Å². The van der Waals surface area contributed by atoms with Gasteiger partial charge in [-0.05, 0) is 44.8 Å². The van der Waals surface area contributed by atoms with E-state index in [9.17, 15) is 0 Å². The Morgan fingerprint density at radius 3 is 1.68 bits per heavy atom. The van der Waals surface area contributed by atoms with Gasteiger partial charge in [0.05, 0.1) is 0 Å². The Labute approximate surface area is 158 Å². The van der Waals surface area contributed by atoms with Gasteiger partial charge >= 0.3 is 0 Å². The second kappa shape index (κ2) is 15.1. The van der Waals surface area contributed by atoms with Crippen LogP contribution < -0.4 is 15.6 Å². The number of rotatable bonds is 3. The molecule has 3 aliphatic rings. The summed E-state index contributed by atoms with van der Waals surface area (Å²) in [5.74, 6) is 0.933. The van der Waals surface area contributed by atoms with Gasteiger partial charge in [0.25, 0.3) is 22.6 Å². The molecule has 3 fully saturated rings. The van der Waals surface area contributed by atoms with Gasteiger partial charge in [-0.25, -0.2) is 0 Å². The quantitative estimate of drug-likeness (QED) is 0.690. The maximum atomic E-state index is 3.22. The molecule has 1 aliphatic carbocycles. The van der Waals surface area contributed by atoms with Gasteiger partial charge in [-0.15, -0.1) is 0 Å². The van der Waals surface area contributed by atoms with Crippen LogP contribution in [0.4, 0.5) is 0 Å². The zero-order chi connectivity index (χ0) is 17.4. The molecule has 0 unspecified atom stereocenters. The van der Waals surface area contributed by atoms with Crippen LogP contribution in [0.25, 0.3) is 0 Å². The van der Waals surface area contributed by atoms with E-state index in [1.54, 1.807) is 0 Å². The minimum atomic E-state index is 0.933. The molecule has 0 amide bonds. The molecule has 0 bridgehead atoms. The first-order valence-electron chi connectivity index (χ1n) is 10.9. The fraction of sp³-hybridized carbons (Fsp3) is 1.00. The molecular formula is C18H38B3N4. The summed E-state index contributed by atoms with van der Waals surface area (Å²) in [7, 11) is 5.95. The average Bonchev–Trinajstić information content (AvgIpc) is 3.22. The number of hydrogen-bond acceptors (Lipinski definition) is 4. The number of nitrogens with one attached hydrogen (secondary N) is 3. The second-order valence-electron chi connectivity index (χ2n) is 7.84. The van der Waals surface area contributed by atoms with Crippen molar-refractivity contribution in [1.82, 2.24) is 20.3 Å². The van der Waals surface area contributed by atoms with E-state index in [1.807, 2.05) is 22.6 Å². The lowest BCUT2D eigenvalue weighted by Crippen LogP contribution is -2.58. The predicted molar refractivity (Wildman–Crippen MR) is 111 cm³/mol. The first-order valence-corrected chi connectivity index (χ1v) is 10.9. The van der Waals surface area contributed by atoms with E-state index >= 15 is 0 Å². The summed E-state index contributed by atoms with van der Waals surface area (Å²) in [6.45, 7) is 3.64. The van der Waals surface area contributed by atoms with Crippen LogP contribution in [-0.2, 0) is 0 Å². The van der Waals surface area contributed by atoms with Crippen molar-refractivity contribution in [2.45, 2.75) is 89.9 Å². The third-order valence-electron chi connectivity index (χ3n) is 5.62. The lowest BCUT2D eigenvalue weighted by Gasteiger charge is -2.27. The molecule has 7 heteroatoms. The third-order valence-corrected chi connectivity index (χ3v) is 5.62. The highest BCUT2D eigenvalue weighted by Gasteiger charge is 2.16. The summed E-state index contributed by atoms with van der Waals surface area (Å²) < 4.78 is 2.23. The maximum Gasteiger partial charge on any atom is 0.287 e. The van der Waals surface area contributed by atoms with Crippen LogP contribution in [-0.4, -0.2) is 47.0 Å². The molecule has 4 nitrogen and oxygen atoms in total. The standard InChI is InChI=1S/C14H29B3N3.C4H9N/c1-2-4-6-8-10-14(11-9-7-5-3-1)12-13-20-16-18-15-19-17-20;1-2-4-5-3-1/h14,18-19H,1-13H2;5H,1-4H2. The Morgan fingerprint density at radius 1 is 0.680 bits per heavy atom. The molecule has 3 N–H and O–H groups in total. The van der Waals surface area contributed by atoms with Crippen LogP contribution in [0.3, 0.4) is 0 Å². The van der Waals surface area contributed by atoms with Crippen molar-refractivity contribution in [3.8, 4) is 0 Å². The van der Waals surface area contributed by atoms with Crippen LogP contribution in [0.1, 0.15) is 89.9 Å². The molecule has 3 rings (SSSR count). The van der Waals surface area contributed by atoms with Crippen molar-refractivity contribution >= 4 is 22.6 Å². The smallest absolute Gasteiger partial charge is 0.287 e. The predicted octanol–water partition coefficient (Wildman–Crippen LogP) is 2.76. The molecule has 2 saturated heterocycles. The van der Waals surface area contributed by atoms with Gasteiger partial charge in [0.15, 0.2) is 0 Å². The Hall–Kier alpha value is 0.0348. The molecule has 1 saturated carbocycles. The van der Waals surface area contributed by atoms with E-state index in [2.05, 4.69) is 20.3 Å². The van der Waals surface area contributed by atoms with E-state index in [1.165, 1.54) is 103 Å².